The number of hydrogen-bond acceptors (Lipinski definition) is 1. The van der Waals surface area contributed by atoms with E-state index in [1.165, 1.54) is 0 Å². The van der Waals surface area contributed by atoms with Crippen molar-refractivity contribution >= 4 is 0 Å². The molecule has 0 aromatic heterocycles. The van der Waals surface area contributed by atoms with Crippen molar-refractivity contribution in [2.45, 2.75) is 20.1 Å². The van der Waals surface area contributed by atoms with Crippen molar-refractivity contribution in [3.63, 3.8) is 0 Å². The topological polar surface area (TPSA) is 40.1 Å². The summed E-state index contributed by atoms with van der Waals surface area (Å²) in [5.41, 5.74) is 0. The van der Waals surface area contributed by atoms with Gasteiger partial charge in [0.2, 0.25) is 0 Å². The maximum absolute atomic E-state index is 9.78. The molecule has 0 saturated heterocycles. The third-order valence-electron chi connectivity index (χ3n) is 0.570. The Morgan fingerprint density at radius 3 is 1.67 bits per heavy atom. The molecule has 0 fully saturated rings. The summed E-state index contributed by atoms with van der Waals surface area (Å²) >= 11 is 0. The van der Waals surface area contributed by atoms with Gasteiger partial charge >= 0.3 is 0 Å². The van der Waals surface area contributed by atoms with E-state index in [1.807, 2.05) is 0 Å². The minimum absolute atomic E-state index is 0.148. The van der Waals surface area contributed by atoms with Crippen molar-refractivity contribution < 1.29 is 10.2 Å². The average molecular weight is 89.1 g/mol. The Labute approximate surface area is 37.4 Å². The molecule has 1 unspecified atom stereocenters. The van der Waals surface area contributed by atoms with Crippen LogP contribution in [-0.4, -0.2) is 11.4 Å². The lowest BCUT2D eigenvalue weighted by Crippen LogP contribution is -2.09. The molecule has 0 spiro atoms. The molecule has 0 aromatic carbocycles. The third-order valence-corrected chi connectivity index (χ3v) is 0.570. The Morgan fingerprint density at radius 2 is 1.67 bits per heavy atom. The van der Waals surface area contributed by atoms with Gasteiger partial charge in [0.25, 0.3) is 0 Å². The number of rotatable bonds is 1. The molecule has 2 heteroatoms. The fourth-order valence-electron chi connectivity index (χ4n) is 0. The second-order valence-corrected chi connectivity index (χ2v) is 1.63. The van der Waals surface area contributed by atoms with Crippen molar-refractivity contribution in [1.82, 2.24) is 0 Å². The average Bonchev–Trinajstić information content (AvgIpc) is 1.36. The molecule has 6 heavy (non-hydrogen) atoms. The van der Waals surface area contributed by atoms with Crippen LogP contribution in [0.3, 0.4) is 0 Å². The van der Waals surface area contributed by atoms with Gasteiger partial charge < -0.3 is 5.11 Å². The number of aliphatic hydroxyl groups excluding tert-OH is 1. The third kappa shape index (κ3) is 2.18. The van der Waals surface area contributed by atoms with Crippen molar-refractivity contribution in [2.75, 3.05) is 0 Å². The van der Waals surface area contributed by atoms with Crippen molar-refractivity contribution in [3.05, 3.63) is 0 Å². The van der Waals surface area contributed by atoms with Crippen LogP contribution in [0.2, 0.25) is 0 Å². The largest absolute Gasteiger partial charge is 0.365 e. The van der Waals surface area contributed by atoms with E-state index in [4.69, 9.17) is 5.11 Å². The van der Waals surface area contributed by atoms with Gasteiger partial charge in [-0.05, 0) is 0 Å². The lowest BCUT2D eigenvalue weighted by atomic mass is 10.2. The molecule has 2 nitrogen and oxygen atoms in total. The van der Waals surface area contributed by atoms with Gasteiger partial charge in [0, 0.05) is 5.92 Å². The van der Waals surface area contributed by atoms with Crippen LogP contribution >= 0.6 is 0 Å². The van der Waals surface area contributed by atoms with Gasteiger partial charge in [-0.15, -0.1) is 0 Å². The first-order valence-corrected chi connectivity index (χ1v) is 1.98. The SMILES string of the molecule is CC(C)C([O])O. The molecule has 0 amide bonds. The van der Waals surface area contributed by atoms with Crippen LogP contribution in [0.4, 0.5) is 0 Å². The van der Waals surface area contributed by atoms with E-state index < -0.39 is 6.29 Å². The lowest BCUT2D eigenvalue weighted by molar-refractivity contribution is -0.121. The molecule has 0 saturated carbocycles. The maximum atomic E-state index is 9.78. The summed E-state index contributed by atoms with van der Waals surface area (Å²) < 4.78 is 0. The fourth-order valence-corrected chi connectivity index (χ4v) is 0. The van der Waals surface area contributed by atoms with Crippen LogP contribution in [0.1, 0.15) is 13.8 Å². The molecule has 0 heterocycles. The quantitative estimate of drug-likeness (QED) is 0.464. The smallest absolute Gasteiger partial charge is 0.191 e. The zero-order valence-electron chi connectivity index (χ0n) is 4.01. The van der Waals surface area contributed by atoms with Crippen molar-refractivity contribution in [2.24, 2.45) is 5.92 Å². The standard InChI is InChI=1S/C4H9O2/c1-3(2)4(5)6/h3-5H,1-2H3. The minimum Gasteiger partial charge on any atom is -0.365 e. The highest BCUT2D eigenvalue weighted by Gasteiger charge is 2.02. The normalized spacial score (nSPS) is 11.0. The highest BCUT2D eigenvalue weighted by molar-refractivity contribution is 4.39. The van der Waals surface area contributed by atoms with Crippen LogP contribution in [0.25, 0.3) is 0 Å². The highest BCUT2D eigenvalue weighted by atomic mass is 16.5. The first-order chi connectivity index (χ1) is 2.64. The molecule has 37 valence electrons. The second kappa shape index (κ2) is 2.16. The van der Waals surface area contributed by atoms with Gasteiger partial charge in [0.05, 0.1) is 0 Å². The zero-order chi connectivity index (χ0) is 5.15. The summed E-state index contributed by atoms with van der Waals surface area (Å²) in [7, 11) is 0. The predicted molar refractivity (Wildman–Crippen MR) is 21.5 cm³/mol. The van der Waals surface area contributed by atoms with Crippen LogP contribution in [-0.2, 0) is 5.11 Å². The lowest BCUT2D eigenvalue weighted by Gasteiger charge is -2.00. The van der Waals surface area contributed by atoms with Gasteiger partial charge in [-0.2, -0.15) is 0 Å². The first-order valence-electron chi connectivity index (χ1n) is 1.98. The van der Waals surface area contributed by atoms with E-state index in [-0.39, 0.29) is 5.92 Å². The summed E-state index contributed by atoms with van der Waals surface area (Å²) in [6.07, 6.45) is -1.40. The summed E-state index contributed by atoms with van der Waals surface area (Å²) in [5, 5.41) is 17.9. The summed E-state index contributed by atoms with van der Waals surface area (Å²) in [4.78, 5) is 0. The molecule has 0 aliphatic heterocycles. The fraction of sp³-hybridized carbons (Fsp3) is 1.00. The first kappa shape index (κ1) is 5.92. The highest BCUT2D eigenvalue weighted by Crippen LogP contribution is 1.94. The monoisotopic (exact) mass is 89.1 g/mol. The second-order valence-electron chi connectivity index (χ2n) is 1.63. The van der Waals surface area contributed by atoms with Crippen LogP contribution in [0.5, 0.6) is 0 Å². The Balaban J connectivity index is 2.99. The summed E-state index contributed by atoms with van der Waals surface area (Å²) in [6, 6.07) is 0. The molecular weight excluding hydrogens is 80.0 g/mol. The molecular formula is C4H9O2. The van der Waals surface area contributed by atoms with E-state index in [1.54, 1.807) is 13.8 Å². The summed E-state index contributed by atoms with van der Waals surface area (Å²) in [6.45, 7) is 3.36. The number of hydrogen-bond donors (Lipinski definition) is 1. The van der Waals surface area contributed by atoms with Gasteiger partial charge in [0.1, 0.15) is 0 Å². The molecule has 0 bridgehead atoms. The summed E-state index contributed by atoms with van der Waals surface area (Å²) in [5.74, 6) is -0.148. The predicted octanol–water partition coefficient (Wildman–Crippen LogP) is 0.391. The maximum Gasteiger partial charge on any atom is 0.191 e. The van der Waals surface area contributed by atoms with Crippen LogP contribution in [0, 0.1) is 5.92 Å². The van der Waals surface area contributed by atoms with Crippen molar-refractivity contribution in [3.8, 4) is 0 Å². The Bertz CT molecular complexity index is 26.5. The molecule has 0 aliphatic carbocycles. The van der Waals surface area contributed by atoms with E-state index in [9.17, 15) is 5.11 Å². The zero-order valence-corrected chi connectivity index (χ0v) is 4.01. The van der Waals surface area contributed by atoms with Gasteiger partial charge in [-0.3, -0.25) is 0 Å². The molecule has 1 radical (unpaired) electrons. The Kier molecular flexibility index (Phi) is 2.13. The van der Waals surface area contributed by atoms with E-state index in [0.717, 1.165) is 0 Å². The molecule has 1 atom stereocenters. The Hall–Kier alpha value is -0.0800. The van der Waals surface area contributed by atoms with Crippen LogP contribution < -0.4 is 0 Å². The van der Waals surface area contributed by atoms with E-state index in [0.29, 0.717) is 0 Å². The van der Waals surface area contributed by atoms with E-state index in [2.05, 4.69) is 0 Å². The molecule has 0 aliphatic rings. The molecule has 0 rings (SSSR count). The van der Waals surface area contributed by atoms with Gasteiger partial charge in [-0.1, -0.05) is 13.8 Å². The molecule has 0 aromatic rings. The number of aliphatic hydroxyl groups is 1. The Morgan fingerprint density at radius 1 is 1.50 bits per heavy atom. The van der Waals surface area contributed by atoms with Gasteiger partial charge in [0.15, 0.2) is 6.29 Å². The van der Waals surface area contributed by atoms with Gasteiger partial charge in [-0.25, -0.2) is 5.11 Å². The van der Waals surface area contributed by atoms with Crippen molar-refractivity contribution in [1.29, 1.82) is 0 Å². The minimum atomic E-state index is -1.40. The van der Waals surface area contributed by atoms with E-state index >= 15 is 0 Å². The molecule has 1 N–H and O–H groups in total. The van der Waals surface area contributed by atoms with Crippen LogP contribution in [0.15, 0.2) is 0 Å².